The van der Waals surface area contributed by atoms with E-state index in [1.54, 1.807) is 6.07 Å². The Labute approximate surface area is 182 Å². The van der Waals surface area contributed by atoms with Crippen molar-refractivity contribution in [1.29, 1.82) is 0 Å². The molecule has 3 rings (SSSR count). The number of hydrogen-bond donors (Lipinski definition) is 0. The molecule has 0 aliphatic heterocycles. The van der Waals surface area contributed by atoms with Crippen LogP contribution in [0.25, 0.3) is 22.3 Å². The average molecular weight is 505 g/mol. The Kier molecular flexibility index (Phi) is 6.79. The Bertz CT molecular complexity index is 1070. The summed E-state index contributed by atoms with van der Waals surface area (Å²) in [6.07, 6.45) is 2.45. The molecule has 164 valence electrons. The zero-order valence-corrected chi connectivity index (χ0v) is 17.8. The molecule has 8 heteroatoms. The summed E-state index contributed by atoms with van der Waals surface area (Å²) >= 11 is 1.86. The van der Waals surface area contributed by atoms with Crippen molar-refractivity contribution in [3.8, 4) is 22.3 Å². The van der Waals surface area contributed by atoms with E-state index in [2.05, 4.69) is 0 Å². The van der Waals surface area contributed by atoms with Crippen LogP contribution in [0.15, 0.2) is 42.5 Å². The SMILES string of the molecule is CCCCc1ccc(-c2cc(F)c(-c3cc(F)c(C(F)(F)Br)c(F)c3)c(F)c2)c(F)c1. The summed E-state index contributed by atoms with van der Waals surface area (Å²) in [5, 5.41) is 0. The number of aryl methyl sites for hydroxylation is 1. The van der Waals surface area contributed by atoms with Gasteiger partial charge < -0.3 is 0 Å². The van der Waals surface area contributed by atoms with E-state index >= 15 is 0 Å². The molecule has 0 aliphatic rings. The fourth-order valence-corrected chi connectivity index (χ4v) is 3.70. The molecule has 0 N–H and O–H groups in total. The number of alkyl halides is 3. The molecule has 0 spiro atoms. The molecule has 0 fully saturated rings. The van der Waals surface area contributed by atoms with E-state index in [0.29, 0.717) is 18.6 Å². The van der Waals surface area contributed by atoms with E-state index < -0.39 is 50.6 Å². The van der Waals surface area contributed by atoms with Gasteiger partial charge in [-0.25, -0.2) is 22.0 Å². The number of hydrogen-bond acceptors (Lipinski definition) is 0. The summed E-state index contributed by atoms with van der Waals surface area (Å²) < 4.78 is 98.5. The van der Waals surface area contributed by atoms with Gasteiger partial charge >= 0.3 is 4.83 Å². The normalized spacial score (nSPS) is 11.8. The van der Waals surface area contributed by atoms with Crippen molar-refractivity contribution < 1.29 is 30.7 Å². The summed E-state index contributed by atoms with van der Waals surface area (Å²) in [4.78, 5) is -4.00. The second kappa shape index (κ2) is 9.02. The first-order valence-electron chi connectivity index (χ1n) is 9.37. The van der Waals surface area contributed by atoms with Crippen molar-refractivity contribution in [3.63, 3.8) is 0 Å². The lowest BCUT2D eigenvalue weighted by Gasteiger charge is -2.14. The summed E-state index contributed by atoms with van der Waals surface area (Å²) in [6.45, 7) is 1.99. The zero-order valence-electron chi connectivity index (χ0n) is 16.2. The second-order valence-corrected chi connectivity index (χ2v) is 8.04. The van der Waals surface area contributed by atoms with E-state index in [-0.39, 0.29) is 11.1 Å². The fourth-order valence-electron chi connectivity index (χ4n) is 3.32. The zero-order chi connectivity index (χ0) is 22.9. The highest BCUT2D eigenvalue weighted by atomic mass is 79.9. The molecule has 0 saturated carbocycles. The molecule has 3 aromatic carbocycles. The van der Waals surface area contributed by atoms with E-state index in [4.69, 9.17) is 0 Å². The third kappa shape index (κ3) is 4.95. The van der Waals surface area contributed by atoms with Gasteiger partial charge in [0.1, 0.15) is 34.6 Å². The van der Waals surface area contributed by atoms with Crippen molar-refractivity contribution in [2.45, 2.75) is 31.0 Å². The van der Waals surface area contributed by atoms with Gasteiger partial charge in [0.2, 0.25) is 0 Å². The van der Waals surface area contributed by atoms with Crippen LogP contribution in [0.2, 0.25) is 0 Å². The average Bonchev–Trinajstić information content (AvgIpc) is 2.64. The van der Waals surface area contributed by atoms with E-state index in [1.807, 2.05) is 22.9 Å². The highest BCUT2D eigenvalue weighted by Crippen LogP contribution is 2.40. The van der Waals surface area contributed by atoms with Crippen molar-refractivity contribution in [2.75, 3.05) is 0 Å². The highest BCUT2D eigenvalue weighted by Gasteiger charge is 2.35. The number of halogens is 8. The third-order valence-corrected chi connectivity index (χ3v) is 5.22. The molecule has 0 aliphatic carbocycles. The molecule has 0 bridgehead atoms. The van der Waals surface area contributed by atoms with Gasteiger partial charge in [0, 0.05) is 5.56 Å². The van der Waals surface area contributed by atoms with Crippen molar-refractivity contribution in [1.82, 2.24) is 0 Å². The van der Waals surface area contributed by atoms with Gasteiger partial charge in [-0.15, -0.1) is 0 Å². The van der Waals surface area contributed by atoms with Crippen LogP contribution < -0.4 is 0 Å². The van der Waals surface area contributed by atoms with Crippen LogP contribution in [0.4, 0.5) is 30.7 Å². The van der Waals surface area contributed by atoms with E-state index in [9.17, 15) is 30.7 Å². The monoisotopic (exact) mass is 504 g/mol. The molecule has 0 saturated heterocycles. The standard InChI is InChI=1S/C23H16BrF7/c1-2-3-4-12-5-6-15(16(25)7-12)13-8-17(26)21(18(27)9-13)14-10-19(28)22(20(29)11-14)23(24,30)31/h5-11H,2-4H2,1H3. The Morgan fingerprint density at radius 3 is 1.77 bits per heavy atom. The third-order valence-electron chi connectivity index (χ3n) is 4.82. The lowest BCUT2D eigenvalue weighted by Crippen LogP contribution is -2.10. The maximum atomic E-state index is 14.7. The molecule has 0 heterocycles. The maximum absolute atomic E-state index is 14.7. The predicted molar refractivity (Wildman–Crippen MR) is 109 cm³/mol. The highest BCUT2D eigenvalue weighted by molar-refractivity contribution is 9.09. The Morgan fingerprint density at radius 1 is 0.742 bits per heavy atom. The molecule has 0 atom stereocenters. The largest absolute Gasteiger partial charge is 0.332 e. The minimum absolute atomic E-state index is 0.0451. The van der Waals surface area contributed by atoms with Crippen LogP contribution in [0.5, 0.6) is 0 Å². The van der Waals surface area contributed by atoms with Crippen molar-refractivity contribution in [2.24, 2.45) is 0 Å². The first-order valence-corrected chi connectivity index (χ1v) is 10.2. The molecule has 3 aromatic rings. The van der Waals surface area contributed by atoms with Crippen LogP contribution in [0.1, 0.15) is 30.9 Å². The molecule has 0 nitrogen and oxygen atoms in total. The first-order chi connectivity index (χ1) is 14.5. The number of benzene rings is 3. The lowest BCUT2D eigenvalue weighted by atomic mass is 9.96. The molecule has 0 radical (unpaired) electrons. The lowest BCUT2D eigenvalue weighted by molar-refractivity contribution is 0.105. The van der Waals surface area contributed by atoms with Crippen molar-refractivity contribution in [3.05, 3.63) is 82.7 Å². The summed E-state index contributed by atoms with van der Waals surface area (Å²) in [7, 11) is 0. The van der Waals surface area contributed by atoms with Gasteiger partial charge in [0.15, 0.2) is 0 Å². The molecule has 0 unspecified atom stereocenters. The van der Waals surface area contributed by atoms with E-state index in [1.165, 1.54) is 12.1 Å². The van der Waals surface area contributed by atoms with Gasteiger partial charge in [-0.1, -0.05) is 25.5 Å². The quantitative estimate of drug-likeness (QED) is 0.233. The van der Waals surface area contributed by atoms with Crippen LogP contribution in [-0.4, -0.2) is 0 Å². The van der Waals surface area contributed by atoms with Gasteiger partial charge in [-0.2, -0.15) is 8.78 Å². The first kappa shape index (κ1) is 23.3. The molecular weight excluding hydrogens is 489 g/mol. The van der Waals surface area contributed by atoms with Crippen LogP contribution in [-0.2, 0) is 11.3 Å². The van der Waals surface area contributed by atoms with Gasteiger partial charge in [-0.3, -0.25) is 0 Å². The molecule has 0 amide bonds. The van der Waals surface area contributed by atoms with Gasteiger partial charge in [0.25, 0.3) is 0 Å². The minimum atomic E-state index is -4.00. The van der Waals surface area contributed by atoms with Crippen LogP contribution >= 0.6 is 15.9 Å². The number of unbranched alkanes of at least 4 members (excludes halogenated alkanes) is 1. The van der Waals surface area contributed by atoms with E-state index in [0.717, 1.165) is 30.5 Å². The van der Waals surface area contributed by atoms with Gasteiger partial charge in [0.05, 0.1) is 5.56 Å². The molecule has 0 aromatic heterocycles. The maximum Gasteiger partial charge on any atom is 0.332 e. The predicted octanol–water partition coefficient (Wildman–Crippen LogP) is 8.50. The topological polar surface area (TPSA) is 0 Å². The number of rotatable bonds is 6. The molecule has 31 heavy (non-hydrogen) atoms. The minimum Gasteiger partial charge on any atom is -0.206 e. The van der Waals surface area contributed by atoms with Crippen molar-refractivity contribution >= 4 is 15.9 Å². The smallest absolute Gasteiger partial charge is 0.206 e. The second-order valence-electron chi connectivity index (χ2n) is 7.05. The Morgan fingerprint density at radius 2 is 1.29 bits per heavy atom. The Hall–Kier alpha value is -2.35. The summed E-state index contributed by atoms with van der Waals surface area (Å²) in [5.74, 6) is -6.45. The summed E-state index contributed by atoms with van der Waals surface area (Å²) in [6, 6.07) is 6.83. The fraction of sp³-hybridized carbons (Fsp3) is 0.217. The van der Waals surface area contributed by atoms with Crippen LogP contribution in [0.3, 0.4) is 0 Å². The Balaban J connectivity index is 2.04. The van der Waals surface area contributed by atoms with Crippen LogP contribution in [0, 0.1) is 29.1 Å². The summed E-state index contributed by atoms with van der Waals surface area (Å²) in [5.41, 5.74) is -2.40. The molecular formula is C23H16BrF7. The van der Waals surface area contributed by atoms with Gasteiger partial charge in [-0.05, 0) is 75.8 Å².